The number of hydrogen-bond acceptors (Lipinski definition) is 2. The van der Waals surface area contributed by atoms with Gasteiger partial charge in [-0.25, -0.2) is 10.3 Å². The van der Waals surface area contributed by atoms with Gasteiger partial charge in [0.05, 0.1) is 6.61 Å². The molecule has 60 valence electrons. The molecule has 0 heterocycles. The van der Waals surface area contributed by atoms with Crippen LogP contribution in [0.3, 0.4) is 0 Å². The zero-order valence-electron chi connectivity index (χ0n) is 5.68. The lowest BCUT2D eigenvalue weighted by Crippen LogP contribution is -2.00. The minimum Gasteiger partial charge on any atom is -0.300 e. The van der Waals surface area contributed by atoms with Crippen molar-refractivity contribution in [2.45, 2.75) is 6.61 Å². The van der Waals surface area contributed by atoms with Crippen molar-refractivity contribution in [2.24, 2.45) is 5.90 Å². The predicted molar refractivity (Wildman–Crippen MR) is 48.1 cm³/mol. The number of nitrogens with two attached hydrogens (primary N) is 1. The van der Waals surface area contributed by atoms with Crippen molar-refractivity contribution in [1.29, 1.82) is 0 Å². The number of benzene rings is 1. The molecule has 0 aliphatic carbocycles. The molecule has 1 aromatic carbocycles. The van der Waals surface area contributed by atoms with Gasteiger partial charge < -0.3 is 0 Å². The number of rotatable bonds is 2. The Bertz CT molecular complexity index is 254. The Kier molecular flexibility index (Phi) is 3.22. The van der Waals surface area contributed by atoms with Crippen molar-refractivity contribution in [3.8, 4) is 0 Å². The molecular weight excluding hydrogens is 260 g/mol. The van der Waals surface area contributed by atoms with Crippen molar-refractivity contribution in [1.82, 2.24) is 0 Å². The van der Waals surface area contributed by atoms with Gasteiger partial charge in [-0.15, -0.1) is 0 Å². The Hall–Kier alpha value is -0.200. The van der Waals surface area contributed by atoms with E-state index in [1.54, 1.807) is 6.07 Å². The first-order valence-corrected chi connectivity index (χ1v) is 4.07. The molecule has 0 aliphatic heterocycles. The first-order chi connectivity index (χ1) is 5.24. The SMILES string of the molecule is NOCc1cc(F)ccc1I. The van der Waals surface area contributed by atoms with Crippen molar-refractivity contribution in [3.05, 3.63) is 33.1 Å². The fraction of sp³-hybridized carbons (Fsp3) is 0.143. The summed E-state index contributed by atoms with van der Waals surface area (Å²) < 4.78 is 13.5. The van der Waals surface area contributed by atoms with E-state index in [2.05, 4.69) is 27.4 Å². The van der Waals surface area contributed by atoms with Crippen LogP contribution in [0.1, 0.15) is 5.56 Å². The van der Waals surface area contributed by atoms with E-state index in [0.717, 1.165) is 9.13 Å². The molecule has 0 aliphatic rings. The van der Waals surface area contributed by atoms with Crippen LogP contribution in [-0.4, -0.2) is 0 Å². The Morgan fingerprint density at radius 2 is 2.27 bits per heavy atom. The number of hydrogen-bond donors (Lipinski definition) is 1. The van der Waals surface area contributed by atoms with Crippen molar-refractivity contribution in [2.75, 3.05) is 0 Å². The molecule has 1 aromatic rings. The van der Waals surface area contributed by atoms with E-state index < -0.39 is 0 Å². The van der Waals surface area contributed by atoms with E-state index in [4.69, 9.17) is 5.90 Å². The predicted octanol–water partition coefficient (Wildman–Crippen LogP) is 1.82. The largest absolute Gasteiger partial charge is 0.300 e. The Morgan fingerprint density at radius 3 is 2.91 bits per heavy atom. The average Bonchev–Trinajstić information content (AvgIpc) is 1.98. The highest BCUT2D eigenvalue weighted by Gasteiger charge is 2.00. The van der Waals surface area contributed by atoms with Crippen LogP contribution in [0.4, 0.5) is 4.39 Å². The highest BCUT2D eigenvalue weighted by atomic mass is 127. The molecule has 0 bridgehead atoms. The Morgan fingerprint density at radius 1 is 1.55 bits per heavy atom. The Balaban J connectivity index is 2.93. The van der Waals surface area contributed by atoms with E-state index in [1.165, 1.54) is 12.1 Å². The topological polar surface area (TPSA) is 35.2 Å². The molecule has 0 radical (unpaired) electrons. The second kappa shape index (κ2) is 3.99. The normalized spacial score (nSPS) is 10.1. The zero-order valence-corrected chi connectivity index (χ0v) is 7.84. The van der Waals surface area contributed by atoms with Crippen LogP contribution in [0.2, 0.25) is 0 Å². The van der Waals surface area contributed by atoms with Gasteiger partial charge in [0, 0.05) is 3.57 Å². The third-order valence-corrected chi connectivity index (χ3v) is 2.30. The standard InChI is InChI=1S/C7H7FINO/c8-6-1-2-7(9)5(3-6)4-11-10/h1-3H,4,10H2. The second-order valence-corrected chi connectivity index (χ2v) is 3.21. The molecule has 0 amide bonds. The summed E-state index contributed by atoms with van der Waals surface area (Å²) in [6.07, 6.45) is 0. The molecule has 11 heavy (non-hydrogen) atoms. The van der Waals surface area contributed by atoms with E-state index in [0.29, 0.717) is 0 Å². The van der Waals surface area contributed by atoms with E-state index in [1.807, 2.05) is 0 Å². The summed E-state index contributed by atoms with van der Waals surface area (Å²) in [5, 5.41) is 0. The zero-order chi connectivity index (χ0) is 8.27. The highest BCUT2D eigenvalue weighted by molar-refractivity contribution is 14.1. The van der Waals surface area contributed by atoms with E-state index in [9.17, 15) is 4.39 Å². The summed E-state index contributed by atoms with van der Waals surface area (Å²) in [7, 11) is 0. The molecule has 0 atom stereocenters. The van der Waals surface area contributed by atoms with E-state index in [-0.39, 0.29) is 12.4 Å². The molecule has 0 saturated carbocycles. The quantitative estimate of drug-likeness (QED) is 0.655. The van der Waals surface area contributed by atoms with Crippen LogP contribution in [0.15, 0.2) is 18.2 Å². The molecule has 4 heteroatoms. The molecule has 1 rings (SSSR count). The maximum absolute atomic E-state index is 12.6. The van der Waals surface area contributed by atoms with Gasteiger partial charge in [0.1, 0.15) is 5.82 Å². The van der Waals surface area contributed by atoms with Crippen LogP contribution in [0.25, 0.3) is 0 Å². The monoisotopic (exact) mass is 267 g/mol. The molecule has 0 saturated heterocycles. The van der Waals surface area contributed by atoms with Crippen molar-refractivity contribution < 1.29 is 9.23 Å². The maximum Gasteiger partial charge on any atom is 0.123 e. The summed E-state index contributed by atoms with van der Waals surface area (Å²) in [5.41, 5.74) is 0.771. The first-order valence-electron chi connectivity index (χ1n) is 2.99. The summed E-state index contributed by atoms with van der Waals surface area (Å²) >= 11 is 2.10. The molecule has 0 fully saturated rings. The lowest BCUT2D eigenvalue weighted by atomic mass is 10.2. The molecule has 2 nitrogen and oxygen atoms in total. The van der Waals surface area contributed by atoms with Crippen molar-refractivity contribution in [3.63, 3.8) is 0 Å². The van der Waals surface area contributed by atoms with Gasteiger partial charge in [0.25, 0.3) is 0 Å². The van der Waals surface area contributed by atoms with Gasteiger partial charge in [0.2, 0.25) is 0 Å². The van der Waals surface area contributed by atoms with E-state index >= 15 is 0 Å². The number of halogens is 2. The fourth-order valence-electron chi connectivity index (χ4n) is 0.744. The fourth-order valence-corrected chi connectivity index (χ4v) is 1.23. The highest BCUT2D eigenvalue weighted by Crippen LogP contribution is 2.13. The molecular formula is C7H7FINO. The molecule has 2 N–H and O–H groups in total. The second-order valence-electron chi connectivity index (χ2n) is 2.05. The van der Waals surface area contributed by atoms with Crippen LogP contribution in [-0.2, 0) is 11.4 Å². The van der Waals surface area contributed by atoms with Crippen molar-refractivity contribution >= 4 is 22.6 Å². The summed E-state index contributed by atoms with van der Waals surface area (Å²) in [6.45, 7) is 0.246. The lowest BCUT2D eigenvalue weighted by molar-refractivity contribution is 0.123. The minimum atomic E-state index is -0.266. The minimum absolute atomic E-state index is 0.246. The molecule has 0 aromatic heterocycles. The lowest BCUT2D eigenvalue weighted by Gasteiger charge is -2.01. The van der Waals surface area contributed by atoms with Crippen LogP contribution < -0.4 is 5.90 Å². The first kappa shape index (κ1) is 8.89. The van der Waals surface area contributed by atoms with Gasteiger partial charge in [-0.2, -0.15) is 0 Å². The van der Waals surface area contributed by atoms with Crippen LogP contribution >= 0.6 is 22.6 Å². The maximum atomic E-state index is 12.6. The third-order valence-electron chi connectivity index (χ3n) is 1.25. The molecule has 0 unspecified atom stereocenters. The smallest absolute Gasteiger partial charge is 0.123 e. The van der Waals surface area contributed by atoms with Gasteiger partial charge in [-0.3, -0.25) is 4.84 Å². The van der Waals surface area contributed by atoms with Gasteiger partial charge in [-0.05, 0) is 46.4 Å². The van der Waals surface area contributed by atoms with Crippen LogP contribution in [0.5, 0.6) is 0 Å². The van der Waals surface area contributed by atoms with Gasteiger partial charge >= 0.3 is 0 Å². The van der Waals surface area contributed by atoms with Crippen LogP contribution in [0, 0.1) is 9.39 Å². The molecule has 0 spiro atoms. The third kappa shape index (κ3) is 2.39. The van der Waals surface area contributed by atoms with Gasteiger partial charge in [-0.1, -0.05) is 0 Å². The summed E-state index contributed by atoms with van der Waals surface area (Å²) in [6, 6.07) is 4.50. The Labute approximate surface area is 77.6 Å². The van der Waals surface area contributed by atoms with Gasteiger partial charge in [0.15, 0.2) is 0 Å². The summed E-state index contributed by atoms with van der Waals surface area (Å²) in [5.74, 6) is 4.59. The average molecular weight is 267 g/mol. The summed E-state index contributed by atoms with van der Waals surface area (Å²) in [4.78, 5) is 4.39.